The highest BCUT2D eigenvalue weighted by atomic mass is 16.5. The van der Waals surface area contributed by atoms with E-state index in [1.807, 2.05) is 18.2 Å². The fourth-order valence-corrected chi connectivity index (χ4v) is 1.31. The number of hydrogen-bond acceptors (Lipinski definition) is 4. The molecule has 0 aliphatic carbocycles. The van der Waals surface area contributed by atoms with E-state index in [4.69, 9.17) is 9.15 Å². The largest absolute Gasteiger partial charge is 0.496 e. The average molecular weight is 202 g/mol. The summed E-state index contributed by atoms with van der Waals surface area (Å²) in [6, 6.07) is 5.61. The zero-order chi connectivity index (χ0) is 10.7. The second-order valence-corrected chi connectivity index (χ2v) is 2.90. The van der Waals surface area contributed by atoms with E-state index in [1.165, 1.54) is 6.39 Å². The molecule has 4 nitrogen and oxygen atoms in total. The molecule has 0 aliphatic rings. The van der Waals surface area contributed by atoms with Gasteiger partial charge in [-0.05, 0) is 12.1 Å². The molecule has 0 saturated carbocycles. The van der Waals surface area contributed by atoms with Gasteiger partial charge in [-0.2, -0.15) is 0 Å². The van der Waals surface area contributed by atoms with Crippen LogP contribution in [0.4, 0.5) is 0 Å². The second kappa shape index (κ2) is 3.96. The Morgan fingerprint density at radius 3 is 2.93 bits per heavy atom. The highest BCUT2D eigenvalue weighted by Gasteiger charge is 2.06. The lowest BCUT2D eigenvalue weighted by molar-refractivity contribution is 0.414. The molecule has 0 aliphatic heterocycles. The molecule has 1 aromatic heterocycles. The quantitative estimate of drug-likeness (QED) is 0.766. The zero-order valence-electron chi connectivity index (χ0n) is 8.30. The average Bonchev–Trinajstić information content (AvgIpc) is 2.81. The number of ether oxygens (including phenoxy) is 1. The minimum absolute atomic E-state index is 0.476. The van der Waals surface area contributed by atoms with Crippen LogP contribution in [0, 0.1) is 0 Å². The van der Waals surface area contributed by atoms with Gasteiger partial charge in [-0.1, -0.05) is 18.7 Å². The number of nitrogens with zero attached hydrogens (tertiary/aromatic N) is 2. The molecule has 0 atom stereocenters. The van der Waals surface area contributed by atoms with E-state index in [0.717, 1.165) is 16.9 Å². The van der Waals surface area contributed by atoms with Gasteiger partial charge in [0.25, 0.3) is 0 Å². The molecule has 0 N–H and O–H groups in total. The fraction of sp³-hybridized carbons (Fsp3) is 0.0909. The molecule has 0 saturated heterocycles. The van der Waals surface area contributed by atoms with E-state index < -0.39 is 0 Å². The van der Waals surface area contributed by atoms with E-state index >= 15 is 0 Å². The van der Waals surface area contributed by atoms with E-state index in [9.17, 15) is 0 Å². The van der Waals surface area contributed by atoms with E-state index in [1.54, 1.807) is 13.2 Å². The van der Waals surface area contributed by atoms with Crippen molar-refractivity contribution in [2.24, 2.45) is 0 Å². The maximum Gasteiger partial charge on any atom is 0.247 e. The highest BCUT2D eigenvalue weighted by molar-refractivity contribution is 5.64. The van der Waals surface area contributed by atoms with Gasteiger partial charge >= 0.3 is 0 Å². The van der Waals surface area contributed by atoms with E-state index in [2.05, 4.69) is 16.8 Å². The van der Waals surface area contributed by atoms with E-state index in [-0.39, 0.29) is 0 Å². The summed E-state index contributed by atoms with van der Waals surface area (Å²) >= 11 is 0. The topological polar surface area (TPSA) is 48.2 Å². The molecule has 0 bridgehead atoms. The van der Waals surface area contributed by atoms with Crippen LogP contribution in [0.1, 0.15) is 5.56 Å². The SMILES string of the molecule is C=Cc1ccc(-c2nnco2)cc1OC. The Kier molecular flexibility index (Phi) is 2.49. The number of methoxy groups -OCH3 is 1. The van der Waals surface area contributed by atoms with Gasteiger partial charge in [0.1, 0.15) is 5.75 Å². The fourth-order valence-electron chi connectivity index (χ4n) is 1.31. The van der Waals surface area contributed by atoms with Crippen molar-refractivity contribution >= 4 is 6.08 Å². The summed E-state index contributed by atoms with van der Waals surface area (Å²) in [5, 5.41) is 7.44. The zero-order valence-corrected chi connectivity index (χ0v) is 8.30. The van der Waals surface area contributed by atoms with Gasteiger partial charge in [-0.3, -0.25) is 0 Å². The van der Waals surface area contributed by atoms with Crippen LogP contribution in [0.15, 0.2) is 35.6 Å². The maximum atomic E-state index is 5.21. The highest BCUT2D eigenvalue weighted by Crippen LogP contribution is 2.26. The first-order chi connectivity index (χ1) is 7.35. The summed E-state index contributed by atoms with van der Waals surface area (Å²) in [5.74, 6) is 1.21. The van der Waals surface area contributed by atoms with Crippen molar-refractivity contribution in [1.29, 1.82) is 0 Å². The molecule has 1 aromatic carbocycles. The summed E-state index contributed by atoms with van der Waals surface area (Å²) in [4.78, 5) is 0. The third-order valence-corrected chi connectivity index (χ3v) is 2.06. The lowest BCUT2D eigenvalue weighted by Gasteiger charge is -2.05. The van der Waals surface area contributed by atoms with Crippen molar-refractivity contribution in [2.75, 3.05) is 7.11 Å². The Hall–Kier alpha value is -2.10. The molecule has 76 valence electrons. The molecular formula is C11H10N2O2. The smallest absolute Gasteiger partial charge is 0.247 e. The number of aromatic nitrogens is 2. The van der Waals surface area contributed by atoms with Crippen molar-refractivity contribution in [3.63, 3.8) is 0 Å². The number of rotatable bonds is 3. The summed E-state index contributed by atoms with van der Waals surface area (Å²) < 4.78 is 10.3. The summed E-state index contributed by atoms with van der Waals surface area (Å²) in [7, 11) is 1.61. The van der Waals surface area contributed by atoms with Gasteiger partial charge in [0.2, 0.25) is 12.3 Å². The molecule has 0 unspecified atom stereocenters. The third kappa shape index (κ3) is 1.74. The van der Waals surface area contributed by atoms with Crippen molar-refractivity contribution < 1.29 is 9.15 Å². The first-order valence-corrected chi connectivity index (χ1v) is 4.42. The van der Waals surface area contributed by atoms with Crippen LogP contribution < -0.4 is 4.74 Å². The van der Waals surface area contributed by atoms with Crippen LogP contribution in [0.2, 0.25) is 0 Å². The Morgan fingerprint density at radius 1 is 1.47 bits per heavy atom. The predicted octanol–water partition coefficient (Wildman–Crippen LogP) is 2.39. The van der Waals surface area contributed by atoms with Crippen LogP contribution in [0.25, 0.3) is 17.5 Å². The van der Waals surface area contributed by atoms with Crippen molar-refractivity contribution in [3.8, 4) is 17.2 Å². The predicted molar refractivity (Wildman–Crippen MR) is 56.4 cm³/mol. The molecule has 4 heteroatoms. The van der Waals surface area contributed by atoms with E-state index in [0.29, 0.717) is 5.89 Å². The van der Waals surface area contributed by atoms with Gasteiger partial charge in [0.05, 0.1) is 7.11 Å². The maximum absolute atomic E-state index is 5.21. The van der Waals surface area contributed by atoms with Crippen molar-refractivity contribution in [1.82, 2.24) is 10.2 Å². The van der Waals surface area contributed by atoms with Crippen molar-refractivity contribution in [3.05, 3.63) is 36.7 Å². The van der Waals surface area contributed by atoms with Gasteiger partial charge in [-0.15, -0.1) is 10.2 Å². The Morgan fingerprint density at radius 2 is 2.33 bits per heavy atom. The van der Waals surface area contributed by atoms with Gasteiger partial charge in [0, 0.05) is 11.1 Å². The first kappa shape index (κ1) is 9.45. The number of benzene rings is 1. The Balaban J connectivity index is 2.48. The minimum Gasteiger partial charge on any atom is -0.496 e. The van der Waals surface area contributed by atoms with Crippen LogP contribution >= 0.6 is 0 Å². The standard InChI is InChI=1S/C11H10N2O2/c1-3-8-4-5-9(6-10(8)14-2)11-13-12-7-15-11/h3-7H,1H2,2H3. The molecule has 0 spiro atoms. The molecule has 15 heavy (non-hydrogen) atoms. The first-order valence-electron chi connectivity index (χ1n) is 4.42. The Labute approximate surface area is 87.2 Å². The molecular weight excluding hydrogens is 192 g/mol. The summed E-state index contributed by atoms with van der Waals surface area (Å²) in [6.07, 6.45) is 3.03. The molecule has 0 amide bonds. The normalized spacial score (nSPS) is 9.93. The van der Waals surface area contributed by atoms with Crippen LogP contribution in [-0.4, -0.2) is 17.3 Å². The van der Waals surface area contributed by atoms with Crippen LogP contribution in [-0.2, 0) is 0 Å². The summed E-state index contributed by atoms with van der Waals surface area (Å²) in [6.45, 7) is 3.70. The molecule has 2 aromatic rings. The Bertz CT molecular complexity index is 463. The third-order valence-electron chi connectivity index (χ3n) is 2.06. The second-order valence-electron chi connectivity index (χ2n) is 2.90. The van der Waals surface area contributed by atoms with Crippen LogP contribution in [0.5, 0.6) is 5.75 Å². The number of hydrogen-bond donors (Lipinski definition) is 0. The summed E-state index contributed by atoms with van der Waals surface area (Å²) in [5.41, 5.74) is 1.76. The monoisotopic (exact) mass is 202 g/mol. The molecule has 2 rings (SSSR count). The van der Waals surface area contributed by atoms with Crippen LogP contribution in [0.3, 0.4) is 0 Å². The van der Waals surface area contributed by atoms with Gasteiger partial charge < -0.3 is 9.15 Å². The lowest BCUT2D eigenvalue weighted by Crippen LogP contribution is -1.88. The molecule has 0 fully saturated rings. The lowest BCUT2D eigenvalue weighted by atomic mass is 10.1. The minimum atomic E-state index is 0.476. The van der Waals surface area contributed by atoms with Gasteiger partial charge in [-0.25, -0.2) is 0 Å². The van der Waals surface area contributed by atoms with Gasteiger partial charge in [0.15, 0.2) is 0 Å². The van der Waals surface area contributed by atoms with Crippen molar-refractivity contribution in [2.45, 2.75) is 0 Å². The molecule has 1 heterocycles. The molecule has 0 radical (unpaired) electrons.